The molecule has 1 N–H and O–H groups in total. The van der Waals surface area contributed by atoms with E-state index in [9.17, 15) is 22.8 Å². The fraction of sp³-hybridized carbons (Fsp3) is 0.333. The van der Waals surface area contributed by atoms with E-state index < -0.39 is 47.7 Å². The first kappa shape index (κ1) is 27.6. The number of methoxy groups -OCH3 is 1. The van der Waals surface area contributed by atoms with E-state index in [2.05, 4.69) is 21.2 Å². The summed E-state index contributed by atoms with van der Waals surface area (Å²) in [6, 6.07) is 11.3. The van der Waals surface area contributed by atoms with Gasteiger partial charge in [-0.3, -0.25) is 4.79 Å². The maximum Gasteiger partial charge on any atom is 0.420 e. The average Bonchev–Trinajstić information content (AvgIpc) is 2.94. The predicted molar refractivity (Wildman–Crippen MR) is 139 cm³/mol. The molecule has 0 saturated heterocycles. The molecule has 0 saturated carbocycles. The lowest BCUT2D eigenvalue weighted by atomic mass is 10.0. The first-order chi connectivity index (χ1) is 17.8. The van der Waals surface area contributed by atoms with Gasteiger partial charge in [0, 0.05) is 10.0 Å². The van der Waals surface area contributed by atoms with Crippen LogP contribution < -0.4 is 19.7 Å². The normalized spacial score (nSPS) is 15.9. The van der Waals surface area contributed by atoms with E-state index in [-0.39, 0.29) is 12.2 Å². The molecule has 0 radical (unpaired) electrons. The van der Waals surface area contributed by atoms with Crippen molar-refractivity contribution < 1.29 is 37.0 Å². The third-order valence-electron chi connectivity index (χ3n) is 5.83. The number of halogens is 4. The Labute approximate surface area is 226 Å². The van der Waals surface area contributed by atoms with Gasteiger partial charge < -0.3 is 24.4 Å². The molecule has 3 aromatic rings. The van der Waals surface area contributed by atoms with Gasteiger partial charge in [0.1, 0.15) is 24.0 Å². The molecule has 0 aliphatic carbocycles. The summed E-state index contributed by atoms with van der Waals surface area (Å²) < 4.78 is 59.0. The zero-order chi connectivity index (χ0) is 27.8. The number of alkyl halides is 3. The zero-order valence-corrected chi connectivity index (χ0v) is 22.7. The molecule has 7 nitrogen and oxygen atoms in total. The molecule has 0 aromatic heterocycles. The highest BCUT2D eigenvalue weighted by Gasteiger charge is 2.41. The number of benzene rings is 3. The fourth-order valence-electron chi connectivity index (χ4n) is 4.23. The Kier molecular flexibility index (Phi) is 7.51. The van der Waals surface area contributed by atoms with Crippen molar-refractivity contribution in [2.75, 3.05) is 18.6 Å². The summed E-state index contributed by atoms with van der Waals surface area (Å²) in [5.41, 5.74) is -1.38. The number of hydrogen-bond donors (Lipinski definition) is 1. The molecular weight excluding hydrogens is 569 g/mol. The standard InChI is InChI=1S/C27H26BrF3N2O5/c1-26(2,3)38-25(35)32-20-14-37-23-19(27(29,30)31)6-5-7-21(23)33(24(20)34)13-18-17-10-9-16(28)12-15(17)8-11-22(18)36-4/h5-12,20H,13-14H2,1-4H3,(H,32,35)/t20-/m0/s1. The van der Waals surface area contributed by atoms with Gasteiger partial charge in [0.05, 0.1) is 24.9 Å². The number of nitrogens with zero attached hydrogens (tertiary/aromatic N) is 1. The molecule has 11 heteroatoms. The maximum absolute atomic E-state index is 13.9. The third kappa shape index (κ3) is 5.82. The molecule has 1 aliphatic rings. The second-order valence-electron chi connectivity index (χ2n) is 9.70. The number of hydrogen-bond acceptors (Lipinski definition) is 5. The number of amides is 2. The topological polar surface area (TPSA) is 77.1 Å². The molecule has 1 atom stereocenters. The van der Waals surface area contributed by atoms with Crippen LogP contribution in [0.1, 0.15) is 31.9 Å². The van der Waals surface area contributed by atoms with Gasteiger partial charge in [-0.2, -0.15) is 13.2 Å². The van der Waals surface area contributed by atoms with Gasteiger partial charge in [-0.15, -0.1) is 0 Å². The van der Waals surface area contributed by atoms with Gasteiger partial charge in [-0.1, -0.05) is 34.1 Å². The molecule has 38 heavy (non-hydrogen) atoms. The minimum absolute atomic E-state index is 0.0746. The quantitative estimate of drug-likeness (QED) is 0.376. The average molecular weight is 595 g/mol. The van der Waals surface area contributed by atoms with Crippen LogP contribution in [-0.4, -0.2) is 37.4 Å². The van der Waals surface area contributed by atoms with Gasteiger partial charge in [-0.05, 0) is 61.9 Å². The Balaban J connectivity index is 1.84. The molecule has 0 unspecified atom stereocenters. The second kappa shape index (κ2) is 10.4. The number of nitrogens with one attached hydrogen (secondary N) is 1. The molecule has 2 amide bonds. The van der Waals surface area contributed by atoms with Crippen LogP contribution in [-0.2, 0) is 22.3 Å². The summed E-state index contributed by atoms with van der Waals surface area (Å²) in [7, 11) is 1.47. The van der Waals surface area contributed by atoms with Gasteiger partial charge in [-0.25, -0.2) is 4.79 Å². The summed E-state index contributed by atoms with van der Waals surface area (Å²) in [4.78, 5) is 27.5. The van der Waals surface area contributed by atoms with Crippen molar-refractivity contribution in [2.24, 2.45) is 0 Å². The van der Waals surface area contributed by atoms with Crippen LogP contribution in [0.2, 0.25) is 0 Å². The molecular formula is C27H26BrF3N2O5. The van der Waals surface area contributed by atoms with Crippen LogP contribution in [0, 0.1) is 0 Å². The van der Waals surface area contributed by atoms with Gasteiger partial charge in [0.15, 0.2) is 5.75 Å². The number of fused-ring (bicyclic) bond motifs is 2. The molecule has 4 rings (SSSR count). The predicted octanol–water partition coefficient (Wildman–Crippen LogP) is 6.45. The number of carbonyl (C=O) groups excluding carboxylic acids is 2. The minimum Gasteiger partial charge on any atom is -0.496 e. The molecule has 1 aliphatic heterocycles. The van der Waals surface area contributed by atoms with Crippen molar-refractivity contribution in [1.29, 1.82) is 0 Å². The Hall–Kier alpha value is -3.47. The summed E-state index contributed by atoms with van der Waals surface area (Å²) in [5, 5.41) is 4.03. The van der Waals surface area contributed by atoms with Crippen molar-refractivity contribution in [3.63, 3.8) is 0 Å². The first-order valence-corrected chi connectivity index (χ1v) is 12.5. The van der Waals surface area contributed by atoms with E-state index in [1.54, 1.807) is 26.8 Å². The van der Waals surface area contributed by atoms with E-state index in [1.165, 1.54) is 24.1 Å². The maximum atomic E-state index is 13.9. The van der Waals surface area contributed by atoms with Crippen LogP contribution in [0.25, 0.3) is 10.8 Å². The zero-order valence-electron chi connectivity index (χ0n) is 21.1. The van der Waals surface area contributed by atoms with E-state index in [1.807, 2.05) is 24.3 Å². The van der Waals surface area contributed by atoms with Crippen molar-refractivity contribution in [2.45, 2.75) is 45.1 Å². The lowest BCUT2D eigenvalue weighted by Gasteiger charge is -2.27. The Bertz CT molecular complexity index is 1390. The molecule has 1 heterocycles. The fourth-order valence-corrected chi connectivity index (χ4v) is 4.61. The van der Waals surface area contributed by atoms with Crippen LogP contribution in [0.3, 0.4) is 0 Å². The molecule has 202 valence electrons. The van der Waals surface area contributed by atoms with Crippen LogP contribution in [0.4, 0.5) is 23.7 Å². The van der Waals surface area contributed by atoms with Gasteiger partial charge in [0.25, 0.3) is 5.91 Å². The SMILES string of the molecule is COc1ccc2cc(Br)ccc2c1CN1C(=O)[C@@H](NC(=O)OC(C)(C)C)COc2c1cccc2C(F)(F)F. The Morgan fingerprint density at radius 1 is 1.16 bits per heavy atom. The number of anilines is 1. The van der Waals surface area contributed by atoms with Crippen molar-refractivity contribution in [3.05, 3.63) is 64.1 Å². The van der Waals surface area contributed by atoms with Crippen LogP contribution in [0.15, 0.2) is 53.0 Å². The lowest BCUT2D eigenvalue weighted by molar-refractivity contribution is -0.138. The summed E-state index contributed by atoms with van der Waals surface area (Å²) in [5.74, 6) is -0.711. The monoisotopic (exact) mass is 594 g/mol. The smallest absolute Gasteiger partial charge is 0.420 e. The van der Waals surface area contributed by atoms with Crippen LogP contribution in [0.5, 0.6) is 11.5 Å². The van der Waals surface area contributed by atoms with E-state index in [0.29, 0.717) is 11.3 Å². The third-order valence-corrected chi connectivity index (χ3v) is 6.32. The summed E-state index contributed by atoms with van der Waals surface area (Å²) in [6.45, 7) is 4.29. The second-order valence-corrected chi connectivity index (χ2v) is 10.6. The number of ether oxygens (including phenoxy) is 3. The van der Waals surface area contributed by atoms with Crippen molar-refractivity contribution >= 4 is 44.4 Å². The van der Waals surface area contributed by atoms with E-state index in [4.69, 9.17) is 14.2 Å². The van der Waals surface area contributed by atoms with Crippen molar-refractivity contribution in [3.8, 4) is 11.5 Å². The van der Waals surface area contributed by atoms with Gasteiger partial charge in [0.2, 0.25) is 0 Å². The number of para-hydroxylation sites is 1. The lowest BCUT2D eigenvalue weighted by Crippen LogP contribution is -2.51. The summed E-state index contributed by atoms with van der Waals surface area (Å²) >= 11 is 3.44. The Morgan fingerprint density at radius 2 is 1.89 bits per heavy atom. The molecule has 0 spiro atoms. The highest BCUT2D eigenvalue weighted by atomic mass is 79.9. The molecule has 0 bridgehead atoms. The van der Waals surface area contributed by atoms with E-state index >= 15 is 0 Å². The molecule has 3 aromatic carbocycles. The number of alkyl carbamates (subject to hydrolysis) is 1. The highest BCUT2D eigenvalue weighted by Crippen LogP contribution is 2.44. The highest BCUT2D eigenvalue weighted by molar-refractivity contribution is 9.10. The van der Waals surface area contributed by atoms with Crippen molar-refractivity contribution in [1.82, 2.24) is 5.32 Å². The molecule has 0 fully saturated rings. The van der Waals surface area contributed by atoms with Gasteiger partial charge >= 0.3 is 12.3 Å². The van der Waals surface area contributed by atoms with Crippen LogP contribution >= 0.6 is 15.9 Å². The summed E-state index contributed by atoms with van der Waals surface area (Å²) in [6.07, 6.45) is -5.63. The minimum atomic E-state index is -4.73. The first-order valence-electron chi connectivity index (χ1n) is 11.7. The largest absolute Gasteiger partial charge is 0.496 e. The Morgan fingerprint density at radius 3 is 2.55 bits per heavy atom. The number of rotatable bonds is 4. The number of carbonyl (C=O) groups is 2. The van der Waals surface area contributed by atoms with E-state index in [0.717, 1.165) is 21.3 Å².